The Morgan fingerprint density at radius 1 is 1.15 bits per heavy atom. The van der Waals surface area contributed by atoms with E-state index < -0.39 is 15.5 Å². The predicted molar refractivity (Wildman–Crippen MR) is 104 cm³/mol. The highest BCUT2D eigenvalue weighted by Gasteiger charge is 2.34. The Kier molecular flexibility index (Phi) is 5.89. The van der Waals surface area contributed by atoms with Crippen LogP contribution in [0.15, 0.2) is 0 Å². The van der Waals surface area contributed by atoms with Gasteiger partial charge in [-0.1, -0.05) is 0 Å². The zero-order chi connectivity index (χ0) is 19.6. The van der Waals surface area contributed by atoms with Crippen molar-refractivity contribution >= 4 is 28.0 Å². The number of piperazine rings is 1. The van der Waals surface area contributed by atoms with Crippen LogP contribution in [-0.4, -0.2) is 80.9 Å². The van der Waals surface area contributed by atoms with Crippen LogP contribution in [-0.2, 0) is 0 Å². The largest absolute Gasteiger partial charge is 0.470 e. The molecule has 2 saturated heterocycles. The molecule has 1 aromatic rings. The van der Waals surface area contributed by atoms with E-state index in [4.69, 9.17) is 4.74 Å². The van der Waals surface area contributed by atoms with E-state index in [1.807, 2.05) is 4.90 Å². The van der Waals surface area contributed by atoms with Crippen LogP contribution >= 0.6 is 10.6 Å². The van der Waals surface area contributed by atoms with Gasteiger partial charge < -0.3 is 19.9 Å². The molecule has 12 heteroatoms. The average molecular weight is 402 g/mol. The van der Waals surface area contributed by atoms with Crippen LogP contribution in [0.2, 0.25) is 0 Å². The van der Waals surface area contributed by atoms with Crippen molar-refractivity contribution in [3.8, 4) is 5.88 Å². The Balaban J connectivity index is 2.03. The maximum Gasteiger partial charge on any atom is 0.373 e. The fourth-order valence-corrected chi connectivity index (χ4v) is 4.27. The normalized spacial score (nSPS) is 21.2. The molecule has 0 spiro atoms. The quantitative estimate of drug-likeness (QED) is 0.486. The van der Waals surface area contributed by atoms with Crippen LogP contribution in [0, 0.1) is 10.1 Å². The van der Waals surface area contributed by atoms with Crippen LogP contribution in [0.5, 0.6) is 5.88 Å². The minimum absolute atomic E-state index is 0.0503. The average Bonchev–Trinajstić information content (AvgIpc) is 2.61. The first-order chi connectivity index (χ1) is 12.8. The van der Waals surface area contributed by atoms with E-state index in [2.05, 4.69) is 15.3 Å². The van der Waals surface area contributed by atoms with Gasteiger partial charge in [-0.3, -0.25) is 19.2 Å². The second-order valence-corrected chi connectivity index (χ2v) is 9.28. The lowest BCUT2D eigenvalue weighted by Crippen LogP contribution is -2.45. The van der Waals surface area contributed by atoms with Crippen molar-refractivity contribution in [3.63, 3.8) is 0 Å². The van der Waals surface area contributed by atoms with Crippen molar-refractivity contribution in [2.24, 2.45) is 0 Å². The van der Waals surface area contributed by atoms with Gasteiger partial charge in [0.2, 0.25) is 11.8 Å². The third kappa shape index (κ3) is 4.69. The molecule has 1 aromatic heterocycles. The Bertz CT molecular complexity index is 688. The zero-order valence-corrected chi connectivity index (χ0v) is 16.3. The van der Waals surface area contributed by atoms with Gasteiger partial charge in [-0.25, -0.2) is 0 Å². The first-order valence-electron chi connectivity index (χ1n) is 8.94. The molecule has 11 nitrogen and oxygen atoms in total. The van der Waals surface area contributed by atoms with E-state index in [0.717, 1.165) is 13.1 Å². The molecule has 2 aliphatic heterocycles. The molecular weight excluding hydrogens is 376 g/mol. The summed E-state index contributed by atoms with van der Waals surface area (Å²) < 4.78 is 25.4. The fraction of sp³-hybridized carbons (Fsp3) is 0.733. The lowest BCUT2D eigenvalue weighted by molar-refractivity contribution is -0.385. The number of rotatable bonds is 5. The van der Waals surface area contributed by atoms with Crippen molar-refractivity contribution in [2.75, 3.05) is 60.6 Å². The van der Waals surface area contributed by atoms with Gasteiger partial charge in [0.25, 0.3) is 0 Å². The van der Waals surface area contributed by atoms with Crippen molar-refractivity contribution in [1.82, 2.24) is 15.3 Å². The Morgan fingerprint density at radius 2 is 1.78 bits per heavy atom. The monoisotopic (exact) mass is 402 g/mol. The molecule has 0 saturated carbocycles. The molecule has 152 valence electrons. The lowest BCUT2D eigenvalue weighted by Gasteiger charge is -2.41. The number of hydrogen-bond donors (Lipinski definition) is 3. The summed E-state index contributed by atoms with van der Waals surface area (Å²) in [6, 6.07) is 0. The minimum atomic E-state index is -2.62. The van der Waals surface area contributed by atoms with Crippen molar-refractivity contribution < 1.29 is 18.8 Å². The minimum Gasteiger partial charge on any atom is -0.470 e. The molecule has 0 atom stereocenters. The maximum atomic E-state index is 11.8. The van der Waals surface area contributed by atoms with E-state index >= 15 is 0 Å². The van der Waals surface area contributed by atoms with Gasteiger partial charge in [0.05, 0.1) is 22.5 Å². The SMILES string of the molecule is CC(C)Oc1nc(N2CCNCC2)nc(N2CCS(O)(O)CC2)c1[N+](=O)[O-]. The van der Waals surface area contributed by atoms with Gasteiger partial charge in [-0.15, -0.1) is 0 Å². The van der Waals surface area contributed by atoms with E-state index in [0.29, 0.717) is 19.0 Å². The summed E-state index contributed by atoms with van der Waals surface area (Å²) in [5, 5.41) is 15.0. The maximum absolute atomic E-state index is 11.8. The second-order valence-electron chi connectivity index (χ2n) is 6.86. The first kappa shape index (κ1) is 19.9. The highest BCUT2D eigenvalue weighted by Crippen LogP contribution is 2.44. The zero-order valence-electron chi connectivity index (χ0n) is 15.5. The summed E-state index contributed by atoms with van der Waals surface area (Å²) in [4.78, 5) is 23.8. The highest BCUT2D eigenvalue weighted by molar-refractivity contribution is 8.24. The molecule has 0 aromatic carbocycles. The lowest BCUT2D eigenvalue weighted by atomic mass is 10.3. The third-order valence-corrected chi connectivity index (χ3v) is 6.10. The molecule has 0 aliphatic carbocycles. The molecule has 3 rings (SSSR count). The van der Waals surface area contributed by atoms with E-state index in [1.165, 1.54) is 0 Å². The van der Waals surface area contributed by atoms with Crippen molar-refractivity contribution in [3.05, 3.63) is 10.1 Å². The van der Waals surface area contributed by atoms with Crippen molar-refractivity contribution in [1.29, 1.82) is 0 Å². The number of nitrogens with one attached hydrogen (secondary N) is 1. The molecule has 2 fully saturated rings. The highest BCUT2D eigenvalue weighted by atomic mass is 32.3. The van der Waals surface area contributed by atoms with E-state index in [1.54, 1.807) is 18.7 Å². The van der Waals surface area contributed by atoms with E-state index in [-0.39, 0.29) is 48.1 Å². The molecule has 3 N–H and O–H groups in total. The number of nitrogens with zero attached hydrogens (tertiary/aromatic N) is 5. The molecule has 27 heavy (non-hydrogen) atoms. The van der Waals surface area contributed by atoms with Crippen LogP contribution in [0.3, 0.4) is 0 Å². The van der Waals surface area contributed by atoms with E-state index in [9.17, 15) is 19.2 Å². The molecule has 3 heterocycles. The topological polar surface area (TPSA) is 137 Å². The fourth-order valence-electron chi connectivity index (χ4n) is 3.04. The Labute approximate surface area is 159 Å². The molecule has 2 aliphatic rings. The van der Waals surface area contributed by atoms with Gasteiger partial charge in [-0.05, 0) is 13.8 Å². The smallest absolute Gasteiger partial charge is 0.373 e. The number of ether oxygens (including phenoxy) is 1. The summed E-state index contributed by atoms with van der Waals surface area (Å²) in [5.41, 5.74) is -0.277. The van der Waals surface area contributed by atoms with Crippen LogP contribution in [0.1, 0.15) is 13.8 Å². The van der Waals surface area contributed by atoms with Crippen molar-refractivity contribution in [2.45, 2.75) is 20.0 Å². The van der Waals surface area contributed by atoms with Gasteiger partial charge >= 0.3 is 11.6 Å². The molecule has 0 amide bonds. The Morgan fingerprint density at radius 3 is 2.33 bits per heavy atom. The van der Waals surface area contributed by atoms with Gasteiger partial charge in [-0.2, -0.15) is 20.6 Å². The van der Waals surface area contributed by atoms with Gasteiger partial charge in [0, 0.05) is 39.3 Å². The predicted octanol–water partition coefficient (Wildman–Crippen LogP) is 1.15. The summed E-state index contributed by atoms with van der Waals surface area (Å²) in [6.07, 6.45) is -0.282. The molecule has 0 unspecified atom stereocenters. The number of anilines is 2. The number of aromatic nitrogens is 2. The molecular formula is C15H26N6O5S. The van der Waals surface area contributed by atoms with Crippen LogP contribution in [0.25, 0.3) is 0 Å². The molecule has 0 bridgehead atoms. The third-order valence-electron chi connectivity index (χ3n) is 4.43. The summed E-state index contributed by atoms with van der Waals surface area (Å²) in [7, 11) is -2.62. The summed E-state index contributed by atoms with van der Waals surface area (Å²) in [6.45, 7) is 7.07. The standard InChI is InChI=1S/C15H26N6O5S/c1-11(2)26-14-12(21(22)23)13(19-7-9-27(24,25)10-8-19)17-15(18-14)20-5-3-16-4-6-20/h11,16,24-25H,3-10H2,1-2H3. The second kappa shape index (κ2) is 8.00. The van der Waals surface area contributed by atoms with Gasteiger partial charge in [0.1, 0.15) is 0 Å². The summed E-state index contributed by atoms with van der Waals surface area (Å²) in [5.74, 6) is 0.847. The van der Waals surface area contributed by atoms with Crippen LogP contribution in [0.4, 0.5) is 17.5 Å². The summed E-state index contributed by atoms with van der Waals surface area (Å²) >= 11 is 0. The number of nitro groups is 1. The van der Waals surface area contributed by atoms with Crippen LogP contribution < -0.4 is 19.9 Å². The first-order valence-corrected chi connectivity index (χ1v) is 10.8. The Hall–Kier alpha value is -1.89. The molecule has 0 radical (unpaired) electrons. The van der Waals surface area contributed by atoms with Gasteiger partial charge in [0.15, 0.2) is 0 Å². The number of hydrogen-bond acceptors (Lipinski definition) is 10.